The Bertz CT molecular complexity index is 448. The van der Waals surface area contributed by atoms with E-state index >= 15 is 0 Å². The van der Waals surface area contributed by atoms with Crippen molar-refractivity contribution in [1.82, 2.24) is 0 Å². The van der Waals surface area contributed by atoms with Crippen LogP contribution in [0.25, 0.3) is 0 Å². The van der Waals surface area contributed by atoms with Gasteiger partial charge in [0, 0.05) is 0 Å². The van der Waals surface area contributed by atoms with Gasteiger partial charge in [0.25, 0.3) is 6.02 Å². The lowest BCUT2D eigenvalue weighted by Gasteiger charge is -2.15. The molecule has 0 saturated carbocycles. The first-order valence-electron chi connectivity index (χ1n) is 5.45. The van der Waals surface area contributed by atoms with Gasteiger partial charge in [-0.3, -0.25) is 0 Å². The average molecular weight is 252 g/mol. The fourth-order valence-corrected chi connectivity index (χ4v) is 1.86. The minimum Gasteiger partial charge on any atom is -0.493 e. The molecule has 1 aliphatic heterocycles. The second-order valence-corrected chi connectivity index (χ2v) is 3.75. The molecule has 18 heavy (non-hydrogen) atoms. The lowest BCUT2D eigenvalue weighted by atomic mass is 10.1. The van der Waals surface area contributed by atoms with Crippen LogP contribution in [0.15, 0.2) is 17.1 Å². The second kappa shape index (κ2) is 5.03. The predicted molar refractivity (Wildman–Crippen MR) is 66.4 cm³/mol. The number of nitrogens with zero attached hydrogens (tertiary/aromatic N) is 1. The lowest BCUT2D eigenvalue weighted by molar-refractivity contribution is 0.310. The summed E-state index contributed by atoms with van der Waals surface area (Å²) in [6, 6.07) is 3.75. The maximum atomic E-state index is 5.50. The van der Waals surface area contributed by atoms with Crippen LogP contribution < -0.4 is 19.9 Å². The Kier molecular flexibility index (Phi) is 3.45. The molecule has 0 saturated heterocycles. The van der Waals surface area contributed by atoms with Crippen LogP contribution in [-0.2, 0) is 4.74 Å². The zero-order chi connectivity index (χ0) is 13.1. The molecule has 0 radical (unpaired) electrons. The van der Waals surface area contributed by atoms with Crippen LogP contribution in [0, 0.1) is 0 Å². The van der Waals surface area contributed by atoms with E-state index in [0.29, 0.717) is 23.9 Å². The van der Waals surface area contributed by atoms with Crippen LogP contribution >= 0.6 is 0 Å². The highest BCUT2D eigenvalue weighted by Crippen LogP contribution is 2.40. The molecule has 1 aliphatic rings. The Hall–Kier alpha value is -2.11. The molecule has 0 spiro atoms. The summed E-state index contributed by atoms with van der Waals surface area (Å²) in [6.07, 6.45) is 0. The Labute approximate surface area is 105 Å². The van der Waals surface area contributed by atoms with Crippen molar-refractivity contribution in [2.45, 2.75) is 6.04 Å². The number of aliphatic imine (C=N–C) groups is 1. The molecule has 1 atom stereocenters. The van der Waals surface area contributed by atoms with Crippen molar-refractivity contribution in [3.63, 3.8) is 0 Å². The fraction of sp³-hybridized carbons (Fsp3) is 0.417. The highest BCUT2D eigenvalue weighted by Gasteiger charge is 2.22. The van der Waals surface area contributed by atoms with Crippen molar-refractivity contribution >= 4 is 6.02 Å². The van der Waals surface area contributed by atoms with Crippen molar-refractivity contribution in [3.8, 4) is 17.2 Å². The summed E-state index contributed by atoms with van der Waals surface area (Å²) in [4.78, 5) is 4.19. The molecule has 1 aromatic rings. The van der Waals surface area contributed by atoms with Gasteiger partial charge < -0.3 is 24.7 Å². The highest BCUT2D eigenvalue weighted by molar-refractivity contribution is 5.73. The standard InChI is InChI=1S/C12H16N2O4/c1-15-9-4-7(8-6-18-12(13)14-8)5-10(16-2)11(9)17-3/h4-5,8H,6H2,1-3H3,(H2,13,14). The number of nitrogens with two attached hydrogens (primary N) is 1. The molecule has 0 aliphatic carbocycles. The first kappa shape index (κ1) is 12.3. The summed E-state index contributed by atoms with van der Waals surface area (Å²) in [5.74, 6) is 1.74. The molecule has 0 fully saturated rings. The van der Waals surface area contributed by atoms with Gasteiger partial charge in [-0.05, 0) is 17.7 Å². The first-order valence-corrected chi connectivity index (χ1v) is 5.45. The molecule has 1 unspecified atom stereocenters. The van der Waals surface area contributed by atoms with E-state index in [0.717, 1.165) is 5.56 Å². The van der Waals surface area contributed by atoms with Gasteiger partial charge in [0.15, 0.2) is 11.5 Å². The quantitative estimate of drug-likeness (QED) is 0.868. The fourth-order valence-electron chi connectivity index (χ4n) is 1.86. The number of hydrogen-bond donors (Lipinski definition) is 1. The van der Waals surface area contributed by atoms with Gasteiger partial charge in [0.2, 0.25) is 5.75 Å². The zero-order valence-corrected chi connectivity index (χ0v) is 10.6. The molecule has 1 heterocycles. The Morgan fingerprint density at radius 3 is 2.17 bits per heavy atom. The van der Waals surface area contributed by atoms with Crippen LogP contribution in [0.2, 0.25) is 0 Å². The van der Waals surface area contributed by atoms with Crippen LogP contribution in [-0.4, -0.2) is 34.0 Å². The summed E-state index contributed by atoms with van der Waals surface area (Å²) >= 11 is 0. The van der Waals surface area contributed by atoms with E-state index in [1.54, 1.807) is 21.3 Å². The molecule has 6 heteroatoms. The molecule has 98 valence electrons. The number of amidine groups is 1. The minimum absolute atomic E-state index is 0.140. The summed E-state index contributed by atoms with van der Waals surface area (Å²) in [5, 5.41) is 0. The van der Waals surface area contributed by atoms with Crippen molar-refractivity contribution in [2.24, 2.45) is 10.7 Å². The van der Waals surface area contributed by atoms with Crippen molar-refractivity contribution in [1.29, 1.82) is 0 Å². The number of ether oxygens (including phenoxy) is 4. The van der Waals surface area contributed by atoms with Gasteiger partial charge in [-0.15, -0.1) is 0 Å². The van der Waals surface area contributed by atoms with Gasteiger partial charge in [-0.2, -0.15) is 0 Å². The summed E-state index contributed by atoms with van der Waals surface area (Å²) < 4.78 is 21.0. The molecule has 1 aromatic carbocycles. The SMILES string of the molecule is COc1cc(C2COC(N)=N2)cc(OC)c1OC. The molecular formula is C12H16N2O4. The van der Waals surface area contributed by atoms with Gasteiger partial charge in [-0.1, -0.05) is 0 Å². The van der Waals surface area contributed by atoms with Crippen molar-refractivity contribution in [3.05, 3.63) is 17.7 Å². The molecule has 2 N–H and O–H groups in total. The molecule has 6 nitrogen and oxygen atoms in total. The number of methoxy groups -OCH3 is 3. The van der Waals surface area contributed by atoms with Gasteiger partial charge in [0.05, 0.1) is 21.3 Å². The van der Waals surface area contributed by atoms with Gasteiger partial charge in [-0.25, -0.2) is 4.99 Å². The minimum atomic E-state index is -0.140. The predicted octanol–water partition coefficient (Wildman–Crippen LogP) is 1.10. The van der Waals surface area contributed by atoms with E-state index in [1.165, 1.54) is 0 Å². The van der Waals surface area contributed by atoms with Gasteiger partial charge >= 0.3 is 0 Å². The topological polar surface area (TPSA) is 75.3 Å². The van der Waals surface area contributed by atoms with Crippen LogP contribution in [0.3, 0.4) is 0 Å². The Morgan fingerprint density at radius 2 is 1.78 bits per heavy atom. The third kappa shape index (κ3) is 2.13. The van der Waals surface area contributed by atoms with Crippen LogP contribution in [0.5, 0.6) is 17.2 Å². The van der Waals surface area contributed by atoms with Crippen molar-refractivity contribution < 1.29 is 18.9 Å². The monoisotopic (exact) mass is 252 g/mol. The molecule has 0 bridgehead atoms. The maximum Gasteiger partial charge on any atom is 0.282 e. The van der Waals surface area contributed by atoms with E-state index in [9.17, 15) is 0 Å². The smallest absolute Gasteiger partial charge is 0.282 e. The first-order chi connectivity index (χ1) is 8.69. The van der Waals surface area contributed by atoms with Gasteiger partial charge in [0.1, 0.15) is 12.6 Å². The molecule has 2 rings (SSSR count). The number of rotatable bonds is 4. The third-order valence-electron chi connectivity index (χ3n) is 2.74. The van der Waals surface area contributed by atoms with E-state index < -0.39 is 0 Å². The van der Waals surface area contributed by atoms with E-state index in [4.69, 9.17) is 24.7 Å². The second-order valence-electron chi connectivity index (χ2n) is 3.75. The Morgan fingerprint density at radius 1 is 1.17 bits per heavy atom. The molecule has 0 aromatic heterocycles. The van der Waals surface area contributed by atoms with Crippen LogP contribution in [0.4, 0.5) is 0 Å². The van der Waals surface area contributed by atoms with Crippen LogP contribution in [0.1, 0.15) is 11.6 Å². The van der Waals surface area contributed by atoms with Crippen molar-refractivity contribution in [2.75, 3.05) is 27.9 Å². The van der Waals surface area contributed by atoms with E-state index in [2.05, 4.69) is 4.99 Å². The zero-order valence-electron chi connectivity index (χ0n) is 10.6. The lowest BCUT2D eigenvalue weighted by Crippen LogP contribution is -2.10. The number of benzene rings is 1. The molecule has 0 amide bonds. The molecular weight excluding hydrogens is 236 g/mol. The average Bonchev–Trinajstić information content (AvgIpc) is 2.83. The maximum absolute atomic E-state index is 5.50. The summed E-state index contributed by atoms with van der Waals surface area (Å²) in [5.41, 5.74) is 6.41. The third-order valence-corrected chi connectivity index (χ3v) is 2.74. The van der Waals surface area contributed by atoms with E-state index in [1.807, 2.05) is 12.1 Å². The van der Waals surface area contributed by atoms with E-state index in [-0.39, 0.29) is 12.1 Å². The summed E-state index contributed by atoms with van der Waals surface area (Å²) in [6.45, 7) is 0.421. The number of hydrogen-bond acceptors (Lipinski definition) is 6. The Balaban J connectivity index is 2.43. The largest absolute Gasteiger partial charge is 0.493 e. The summed E-state index contributed by atoms with van der Waals surface area (Å²) in [7, 11) is 4.71. The highest BCUT2D eigenvalue weighted by atomic mass is 16.5. The normalized spacial score (nSPS) is 17.9.